The van der Waals surface area contributed by atoms with Crippen LogP contribution in [0.4, 0.5) is 5.69 Å². The zero-order valence-corrected chi connectivity index (χ0v) is 13.1. The van der Waals surface area contributed by atoms with E-state index in [2.05, 4.69) is 45.1 Å². The standard InChI is InChI=1S/C17H24ClN/c1-11-5-6-14(13(18)9-11)19-15-16(2,3)12-7-8-17(15,4)10-12/h5-6,9,12,15,19H,7-8,10H2,1-4H3. The monoisotopic (exact) mass is 277 g/mol. The second-order valence-electron chi connectivity index (χ2n) is 7.48. The van der Waals surface area contributed by atoms with E-state index in [-0.39, 0.29) is 0 Å². The lowest BCUT2D eigenvalue weighted by Crippen LogP contribution is -2.45. The second kappa shape index (κ2) is 4.15. The maximum atomic E-state index is 6.39. The van der Waals surface area contributed by atoms with Crippen molar-refractivity contribution in [3.05, 3.63) is 28.8 Å². The Kier molecular flexibility index (Phi) is 2.91. The quantitative estimate of drug-likeness (QED) is 0.776. The highest BCUT2D eigenvalue weighted by Gasteiger charge is 2.59. The summed E-state index contributed by atoms with van der Waals surface area (Å²) in [5.74, 6) is 0.860. The number of nitrogens with one attached hydrogen (secondary N) is 1. The van der Waals surface area contributed by atoms with Crippen LogP contribution in [0.1, 0.15) is 45.6 Å². The average molecular weight is 278 g/mol. The summed E-state index contributed by atoms with van der Waals surface area (Å²) >= 11 is 6.39. The van der Waals surface area contributed by atoms with Crippen LogP contribution in [-0.4, -0.2) is 6.04 Å². The van der Waals surface area contributed by atoms with Crippen molar-refractivity contribution in [1.82, 2.24) is 0 Å². The highest BCUT2D eigenvalue weighted by Crippen LogP contribution is 2.63. The first-order valence-electron chi connectivity index (χ1n) is 7.36. The predicted molar refractivity (Wildman–Crippen MR) is 82.8 cm³/mol. The van der Waals surface area contributed by atoms with Gasteiger partial charge in [-0.25, -0.2) is 0 Å². The van der Waals surface area contributed by atoms with Crippen molar-refractivity contribution >= 4 is 17.3 Å². The van der Waals surface area contributed by atoms with Gasteiger partial charge in [-0.15, -0.1) is 0 Å². The lowest BCUT2D eigenvalue weighted by Gasteiger charge is -2.43. The molecule has 0 heterocycles. The van der Waals surface area contributed by atoms with E-state index in [4.69, 9.17) is 11.6 Å². The fourth-order valence-corrected chi connectivity index (χ4v) is 4.84. The van der Waals surface area contributed by atoms with E-state index in [0.717, 1.165) is 16.6 Å². The third-order valence-electron chi connectivity index (χ3n) is 5.69. The maximum Gasteiger partial charge on any atom is 0.0640 e. The smallest absolute Gasteiger partial charge is 0.0640 e. The lowest BCUT2D eigenvalue weighted by molar-refractivity contribution is 0.155. The number of rotatable bonds is 2. The summed E-state index contributed by atoms with van der Waals surface area (Å²) in [6.45, 7) is 9.36. The molecule has 1 aromatic rings. The van der Waals surface area contributed by atoms with Gasteiger partial charge in [0.1, 0.15) is 0 Å². The van der Waals surface area contributed by atoms with Crippen molar-refractivity contribution in [2.24, 2.45) is 16.7 Å². The van der Waals surface area contributed by atoms with Crippen molar-refractivity contribution in [1.29, 1.82) is 0 Å². The molecule has 2 heteroatoms. The summed E-state index contributed by atoms with van der Waals surface area (Å²) in [5, 5.41) is 4.62. The average Bonchev–Trinajstić information content (AvgIpc) is 2.78. The fourth-order valence-electron chi connectivity index (χ4n) is 4.55. The summed E-state index contributed by atoms with van der Waals surface area (Å²) in [7, 11) is 0. The van der Waals surface area contributed by atoms with E-state index < -0.39 is 0 Å². The predicted octanol–water partition coefficient (Wildman–Crippen LogP) is 5.28. The first kappa shape index (κ1) is 13.3. The molecule has 2 aliphatic rings. The minimum Gasteiger partial charge on any atom is -0.380 e. The number of fused-ring (bicyclic) bond motifs is 2. The molecule has 3 rings (SSSR count). The molecular formula is C17H24ClN. The lowest BCUT2D eigenvalue weighted by atomic mass is 9.68. The van der Waals surface area contributed by atoms with Crippen LogP contribution >= 0.6 is 11.6 Å². The molecule has 0 aliphatic heterocycles. The maximum absolute atomic E-state index is 6.39. The van der Waals surface area contributed by atoms with E-state index in [0.29, 0.717) is 16.9 Å². The number of anilines is 1. The summed E-state index contributed by atoms with van der Waals surface area (Å²) < 4.78 is 0. The first-order chi connectivity index (χ1) is 8.83. The number of benzene rings is 1. The molecule has 3 unspecified atom stereocenters. The normalized spacial score (nSPS) is 35.6. The Labute approximate surface area is 121 Å². The largest absolute Gasteiger partial charge is 0.380 e. The zero-order chi connectivity index (χ0) is 13.8. The van der Waals surface area contributed by atoms with Crippen molar-refractivity contribution in [3.8, 4) is 0 Å². The van der Waals surface area contributed by atoms with Crippen LogP contribution in [0.5, 0.6) is 0 Å². The molecule has 2 saturated carbocycles. The molecule has 3 atom stereocenters. The number of aryl methyl sites for hydroxylation is 1. The van der Waals surface area contributed by atoms with Gasteiger partial charge in [0.25, 0.3) is 0 Å². The number of hydrogen-bond donors (Lipinski definition) is 1. The molecule has 0 saturated heterocycles. The molecule has 2 aliphatic carbocycles. The molecule has 2 fully saturated rings. The van der Waals surface area contributed by atoms with Gasteiger partial charge < -0.3 is 5.32 Å². The molecule has 104 valence electrons. The molecule has 2 bridgehead atoms. The second-order valence-corrected chi connectivity index (χ2v) is 7.88. The zero-order valence-electron chi connectivity index (χ0n) is 12.4. The minimum absolute atomic E-state index is 0.362. The third-order valence-corrected chi connectivity index (χ3v) is 6.01. The van der Waals surface area contributed by atoms with Crippen LogP contribution in [0.3, 0.4) is 0 Å². The first-order valence-corrected chi connectivity index (χ1v) is 7.73. The molecule has 19 heavy (non-hydrogen) atoms. The van der Waals surface area contributed by atoms with Gasteiger partial charge in [0.2, 0.25) is 0 Å². The molecule has 0 aromatic heterocycles. The van der Waals surface area contributed by atoms with Crippen molar-refractivity contribution < 1.29 is 0 Å². The van der Waals surface area contributed by atoms with E-state index >= 15 is 0 Å². The van der Waals surface area contributed by atoms with Crippen molar-refractivity contribution in [2.45, 2.75) is 53.0 Å². The molecule has 1 N–H and O–H groups in total. The van der Waals surface area contributed by atoms with Gasteiger partial charge in [0, 0.05) is 6.04 Å². The van der Waals surface area contributed by atoms with E-state index in [1.54, 1.807) is 0 Å². The Balaban J connectivity index is 1.90. The van der Waals surface area contributed by atoms with Crippen LogP contribution < -0.4 is 5.32 Å². The Bertz CT molecular complexity index is 503. The molecule has 0 amide bonds. The SMILES string of the molecule is Cc1ccc(NC2C3(C)CCC(C3)C2(C)C)c(Cl)c1. The van der Waals surface area contributed by atoms with Crippen LogP contribution in [0.2, 0.25) is 5.02 Å². The fraction of sp³-hybridized carbons (Fsp3) is 0.647. The Morgan fingerprint density at radius 3 is 2.58 bits per heavy atom. The van der Waals surface area contributed by atoms with E-state index in [1.807, 2.05) is 6.07 Å². The van der Waals surface area contributed by atoms with Crippen LogP contribution in [0.15, 0.2) is 18.2 Å². The van der Waals surface area contributed by atoms with Gasteiger partial charge in [0.15, 0.2) is 0 Å². The highest BCUT2D eigenvalue weighted by molar-refractivity contribution is 6.33. The van der Waals surface area contributed by atoms with Gasteiger partial charge in [-0.2, -0.15) is 0 Å². The molecular weight excluding hydrogens is 254 g/mol. The van der Waals surface area contributed by atoms with Crippen LogP contribution in [-0.2, 0) is 0 Å². The summed E-state index contributed by atoms with van der Waals surface area (Å²) in [5.41, 5.74) is 3.11. The molecule has 1 aromatic carbocycles. The van der Waals surface area contributed by atoms with E-state index in [9.17, 15) is 0 Å². The number of hydrogen-bond acceptors (Lipinski definition) is 1. The van der Waals surface area contributed by atoms with Gasteiger partial charge in [-0.05, 0) is 60.6 Å². The minimum atomic E-state index is 0.362. The number of halogens is 1. The van der Waals surface area contributed by atoms with Crippen molar-refractivity contribution in [2.75, 3.05) is 5.32 Å². The third kappa shape index (κ3) is 1.98. The van der Waals surface area contributed by atoms with Gasteiger partial charge >= 0.3 is 0 Å². The van der Waals surface area contributed by atoms with Crippen molar-refractivity contribution in [3.63, 3.8) is 0 Å². The molecule has 1 nitrogen and oxygen atoms in total. The van der Waals surface area contributed by atoms with Gasteiger partial charge in [0.05, 0.1) is 10.7 Å². The van der Waals surface area contributed by atoms with Gasteiger partial charge in [-0.3, -0.25) is 0 Å². The Morgan fingerprint density at radius 2 is 2.00 bits per heavy atom. The van der Waals surface area contributed by atoms with Crippen LogP contribution in [0.25, 0.3) is 0 Å². The van der Waals surface area contributed by atoms with Crippen LogP contribution in [0, 0.1) is 23.7 Å². The topological polar surface area (TPSA) is 12.0 Å². The Hall–Kier alpha value is -0.690. The molecule has 0 radical (unpaired) electrons. The summed E-state index contributed by atoms with van der Waals surface area (Å²) in [4.78, 5) is 0. The van der Waals surface area contributed by atoms with Gasteiger partial charge in [-0.1, -0.05) is 38.4 Å². The van der Waals surface area contributed by atoms with E-state index in [1.165, 1.54) is 24.8 Å². The summed E-state index contributed by atoms with van der Waals surface area (Å²) in [6, 6.07) is 6.84. The summed E-state index contributed by atoms with van der Waals surface area (Å²) in [6.07, 6.45) is 4.10. The highest BCUT2D eigenvalue weighted by atomic mass is 35.5. The Morgan fingerprint density at radius 1 is 1.26 bits per heavy atom. The molecule has 0 spiro atoms.